The van der Waals surface area contributed by atoms with Crippen molar-refractivity contribution in [1.29, 1.82) is 0 Å². The number of anilines is 1. The van der Waals surface area contributed by atoms with Crippen LogP contribution in [-0.4, -0.2) is 24.7 Å². The number of aromatic nitrogens is 5. The summed E-state index contributed by atoms with van der Waals surface area (Å²) in [5, 5.41) is 9.01. The van der Waals surface area contributed by atoms with Crippen molar-refractivity contribution in [2.45, 2.75) is 19.9 Å². The van der Waals surface area contributed by atoms with Crippen LogP contribution in [0, 0.1) is 6.92 Å². The number of aryl methyl sites for hydroxylation is 2. The van der Waals surface area contributed by atoms with Crippen LogP contribution in [0.2, 0.25) is 0 Å². The predicted molar refractivity (Wildman–Crippen MR) is 103 cm³/mol. The molecule has 6 nitrogen and oxygen atoms in total. The molecule has 4 aromatic rings. The summed E-state index contributed by atoms with van der Waals surface area (Å²) in [5.74, 6) is 1.42. The zero-order valence-electron chi connectivity index (χ0n) is 15.0. The zero-order chi connectivity index (χ0) is 18.1. The van der Waals surface area contributed by atoms with Gasteiger partial charge in [0.05, 0.1) is 11.1 Å². The van der Waals surface area contributed by atoms with Crippen LogP contribution in [0.3, 0.4) is 0 Å². The standard InChI is InChI=1S/C20H20N6/c1-13(15-8-5-4-6-9-15)22-19-17-14(2)25-26(3)20(17)24-18(23-19)16-10-7-11-21-12-16/h4-13H,1-3H3,(H,22,23,24)/t13-/m1/s1. The monoisotopic (exact) mass is 344 g/mol. The molecule has 1 aromatic carbocycles. The first-order valence-corrected chi connectivity index (χ1v) is 8.56. The average molecular weight is 344 g/mol. The number of fused-ring (bicyclic) bond motifs is 1. The van der Waals surface area contributed by atoms with Crippen LogP contribution in [-0.2, 0) is 7.05 Å². The quantitative estimate of drug-likeness (QED) is 0.608. The van der Waals surface area contributed by atoms with Crippen molar-refractivity contribution in [3.63, 3.8) is 0 Å². The Morgan fingerprint density at radius 1 is 1.04 bits per heavy atom. The van der Waals surface area contributed by atoms with Crippen molar-refractivity contribution in [3.05, 3.63) is 66.1 Å². The summed E-state index contributed by atoms with van der Waals surface area (Å²) in [6.07, 6.45) is 3.52. The summed E-state index contributed by atoms with van der Waals surface area (Å²) in [6, 6.07) is 14.3. The van der Waals surface area contributed by atoms with Gasteiger partial charge in [-0.15, -0.1) is 0 Å². The van der Waals surface area contributed by atoms with E-state index in [9.17, 15) is 0 Å². The molecule has 0 bridgehead atoms. The Bertz CT molecular complexity index is 1040. The lowest BCUT2D eigenvalue weighted by molar-refractivity contribution is 0.773. The van der Waals surface area contributed by atoms with Crippen LogP contribution in [0.5, 0.6) is 0 Å². The van der Waals surface area contributed by atoms with Gasteiger partial charge in [-0.2, -0.15) is 5.10 Å². The highest BCUT2D eigenvalue weighted by molar-refractivity contribution is 5.91. The van der Waals surface area contributed by atoms with E-state index >= 15 is 0 Å². The molecule has 0 saturated heterocycles. The first-order valence-electron chi connectivity index (χ1n) is 8.56. The van der Waals surface area contributed by atoms with Gasteiger partial charge in [0.15, 0.2) is 11.5 Å². The second-order valence-electron chi connectivity index (χ2n) is 6.32. The molecular formula is C20H20N6. The molecular weight excluding hydrogens is 324 g/mol. The smallest absolute Gasteiger partial charge is 0.165 e. The minimum Gasteiger partial charge on any atom is -0.363 e. The maximum atomic E-state index is 4.80. The van der Waals surface area contributed by atoms with Gasteiger partial charge in [-0.25, -0.2) is 9.97 Å². The summed E-state index contributed by atoms with van der Waals surface area (Å²) in [6.45, 7) is 4.10. The summed E-state index contributed by atoms with van der Waals surface area (Å²) in [7, 11) is 1.90. The second kappa shape index (κ2) is 6.55. The molecule has 0 amide bonds. The molecule has 0 aliphatic rings. The topological polar surface area (TPSA) is 68.5 Å². The normalized spacial score (nSPS) is 12.3. The van der Waals surface area contributed by atoms with Gasteiger partial charge >= 0.3 is 0 Å². The first-order chi connectivity index (χ1) is 12.6. The average Bonchev–Trinajstić information content (AvgIpc) is 2.97. The molecule has 0 spiro atoms. The fourth-order valence-corrected chi connectivity index (χ4v) is 3.10. The molecule has 1 atom stereocenters. The van der Waals surface area contributed by atoms with Gasteiger partial charge in [-0.3, -0.25) is 9.67 Å². The summed E-state index contributed by atoms with van der Waals surface area (Å²) < 4.78 is 1.80. The Kier molecular flexibility index (Phi) is 4.08. The molecule has 1 N–H and O–H groups in total. The molecule has 6 heteroatoms. The third kappa shape index (κ3) is 2.90. The number of rotatable bonds is 4. The van der Waals surface area contributed by atoms with Gasteiger partial charge in [-0.1, -0.05) is 30.3 Å². The molecule has 0 radical (unpaired) electrons. The molecule has 26 heavy (non-hydrogen) atoms. The Hall–Kier alpha value is -3.28. The van der Waals surface area contributed by atoms with Crippen LogP contribution in [0.15, 0.2) is 54.9 Å². The van der Waals surface area contributed by atoms with E-state index in [0.717, 1.165) is 28.1 Å². The fourth-order valence-electron chi connectivity index (χ4n) is 3.10. The minimum atomic E-state index is 0.107. The number of nitrogens with zero attached hydrogens (tertiary/aromatic N) is 5. The van der Waals surface area contributed by atoms with E-state index < -0.39 is 0 Å². The summed E-state index contributed by atoms with van der Waals surface area (Å²) >= 11 is 0. The first kappa shape index (κ1) is 16.2. The summed E-state index contributed by atoms with van der Waals surface area (Å²) in [4.78, 5) is 13.7. The lowest BCUT2D eigenvalue weighted by atomic mass is 10.1. The Balaban J connectivity index is 1.84. The Labute approximate surface area is 152 Å². The number of benzene rings is 1. The van der Waals surface area contributed by atoms with Crippen molar-refractivity contribution in [1.82, 2.24) is 24.7 Å². The molecule has 0 saturated carbocycles. The van der Waals surface area contributed by atoms with E-state index in [1.807, 2.05) is 44.3 Å². The van der Waals surface area contributed by atoms with Crippen LogP contribution < -0.4 is 5.32 Å². The Morgan fingerprint density at radius 3 is 2.58 bits per heavy atom. The molecule has 4 rings (SSSR count). The van der Waals surface area contributed by atoms with Gasteiger partial charge in [0, 0.05) is 31.0 Å². The van der Waals surface area contributed by atoms with E-state index in [-0.39, 0.29) is 6.04 Å². The van der Waals surface area contributed by atoms with Crippen LogP contribution in [0.1, 0.15) is 24.2 Å². The lowest BCUT2D eigenvalue weighted by Crippen LogP contribution is -2.09. The predicted octanol–water partition coefficient (Wildman–Crippen LogP) is 3.91. The zero-order valence-corrected chi connectivity index (χ0v) is 15.0. The fraction of sp³-hybridized carbons (Fsp3) is 0.200. The van der Waals surface area contributed by atoms with Gasteiger partial charge in [0.25, 0.3) is 0 Å². The maximum absolute atomic E-state index is 4.80. The van der Waals surface area contributed by atoms with Crippen LogP contribution >= 0.6 is 0 Å². The van der Waals surface area contributed by atoms with E-state index in [1.54, 1.807) is 17.1 Å². The van der Waals surface area contributed by atoms with Crippen molar-refractivity contribution < 1.29 is 0 Å². The van der Waals surface area contributed by atoms with Gasteiger partial charge < -0.3 is 5.32 Å². The molecule has 130 valence electrons. The van der Waals surface area contributed by atoms with E-state index in [1.165, 1.54) is 5.56 Å². The van der Waals surface area contributed by atoms with Crippen molar-refractivity contribution in [3.8, 4) is 11.4 Å². The summed E-state index contributed by atoms with van der Waals surface area (Å²) in [5.41, 5.74) is 3.79. The number of hydrogen-bond donors (Lipinski definition) is 1. The number of nitrogens with one attached hydrogen (secondary N) is 1. The van der Waals surface area contributed by atoms with Gasteiger partial charge in [-0.05, 0) is 31.5 Å². The second-order valence-corrected chi connectivity index (χ2v) is 6.32. The SMILES string of the molecule is Cc1nn(C)c2nc(-c3cccnc3)nc(N[C@H](C)c3ccccc3)c12. The minimum absolute atomic E-state index is 0.107. The molecule has 0 aliphatic heterocycles. The molecule has 3 heterocycles. The highest BCUT2D eigenvalue weighted by atomic mass is 15.3. The third-order valence-electron chi connectivity index (χ3n) is 4.43. The third-order valence-corrected chi connectivity index (χ3v) is 4.43. The van der Waals surface area contributed by atoms with Gasteiger partial charge in [0.1, 0.15) is 5.82 Å². The molecule has 0 unspecified atom stereocenters. The highest BCUT2D eigenvalue weighted by Crippen LogP contribution is 2.29. The van der Waals surface area contributed by atoms with E-state index in [2.05, 4.69) is 34.5 Å². The molecule has 0 aliphatic carbocycles. The lowest BCUT2D eigenvalue weighted by Gasteiger charge is -2.16. The number of hydrogen-bond acceptors (Lipinski definition) is 5. The van der Waals surface area contributed by atoms with Crippen molar-refractivity contribution in [2.75, 3.05) is 5.32 Å². The highest BCUT2D eigenvalue weighted by Gasteiger charge is 2.17. The Morgan fingerprint density at radius 2 is 1.85 bits per heavy atom. The van der Waals surface area contributed by atoms with Crippen LogP contribution in [0.25, 0.3) is 22.4 Å². The maximum Gasteiger partial charge on any atom is 0.165 e. The van der Waals surface area contributed by atoms with E-state index in [0.29, 0.717) is 5.82 Å². The van der Waals surface area contributed by atoms with Crippen molar-refractivity contribution >= 4 is 16.9 Å². The van der Waals surface area contributed by atoms with Crippen LogP contribution in [0.4, 0.5) is 5.82 Å². The molecule has 0 fully saturated rings. The molecule has 3 aromatic heterocycles. The van der Waals surface area contributed by atoms with Crippen molar-refractivity contribution in [2.24, 2.45) is 7.05 Å². The number of pyridine rings is 1. The largest absolute Gasteiger partial charge is 0.363 e. The van der Waals surface area contributed by atoms with Gasteiger partial charge in [0.2, 0.25) is 0 Å². The van der Waals surface area contributed by atoms with E-state index in [4.69, 9.17) is 9.97 Å².